The average Bonchev–Trinajstić information content (AvgIpc) is 2.82. The summed E-state index contributed by atoms with van der Waals surface area (Å²) in [4.78, 5) is 3.12. The molecular formula is C13H13FN4S. The van der Waals surface area contributed by atoms with Crippen LogP contribution in [0.4, 0.5) is 4.39 Å². The van der Waals surface area contributed by atoms with Crippen LogP contribution in [-0.2, 0) is 7.05 Å². The molecule has 2 heterocycles. The smallest absolute Gasteiger partial charge is 0.184 e. The molecule has 0 atom stereocenters. The van der Waals surface area contributed by atoms with E-state index in [0.29, 0.717) is 16.0 Å². The highest BCUT2D eigenvalue weighted by molar-refractivity contribution is 7.71. The molecule has 3 rings (SSSR count). The lowest BCUT2D eigenvalue weighted by molar-refractivity contribution is 0.617. The van der Waals surface area contributed by atoms with Crippen molar-refractivity contribution in [3.05, 3.63) is 40.0 Å². The Morgan fingerprint density at radius 2 is 2.05 bits per heavy atom. The Bertz CT molecular complexity index is 840. The molecule has 0 aliphatic rings. The third-order valence-corrected chi connectivity index (χ3v) is 3.54. The van der Waals surface area contributed by atoms with Gasteiger partial charge in [-0.3, -0.25) is 4.57 Å². The van der Waals surface area contributed by atoms with Crippen molar-refractivity contribution in [1.82, 2.24) is 19.3 Å². The second kappa shape index (κ2) is 4.03. The molecule has 0 amide bonds. The highest BCUT2D eigenvalue weighted by Gasteiger charge is 2.14. The lowest BCUT2D eigenvalue weighted by Crippen LogP contribution is -2.01. The molecule has 0 saturated carbocycles. The van der Waals surface area contributed by atoms with Crippen LogP contribution in [0.5, 0.6) is 0 Å². The van der Waals surface area contributed by atoms with E-state index in [1.165, 1.54) is 6.07 Å². The highest BCUT2D eigenvalue weighted by atomic mass is 32.1. The maximum atomic E-state index is 13.7. The van der Waals surface area contributed by atoms with Gasteiger partial charge in [-0.15, -0.1) is 0 Å². The van der Waals surface area contributed by atoms with E-state index in [0.717, 1.165) is 16.9 Å². The molecule has 19 heavy (non-hydrogen) atoms. The molecular weight excluding hydrogens is 263 g/mol. The van der Waals surface area contributed by atoms with Crippen molar-refractivity contribution in [3.8, 4) is 5.69 Å². The minimum atomic E-state index is -0.243. The number of halogens is 1. The number of benzene rings is 1. The summed E-state index contributed by atoms with van der Waals surface area (Å²) in [5, 5.41) is 4.34. The Kier molecular flexibility index (Phi) is 2.56. The minimum absolute atomic E-state index is 0.243. The summed E-state index contributed by atoms with van der Waals surface area (Å²) in [5.74, 6) is -0.243. The van der Waals surface area contributed by atoms with Gasteiger partial charge >= 0.3 is 0 Å². The number of imidazole rings is 1. The molecule has 1 aromatic carbocycles. The summed E-state index contributed by atoms with van der Waals surface area (Å²) >= 11 is 5.33. The van der Waals surface area contributed by atoms with Gasteiger partial charge in [0.05, 0.1) is 11.4 Å². The van der Waals surface area contributed by atoms with Crippen molar-refractivity contribution < 1.29 is 4.39 Å². The first-order valence-electron chi connectivity index (χ1n) is 5.90. The molecule has 98 valence electrons. The zero-order valence-electron chi connectivity index (χ0n) is 10.9. The maximum Gasteiger partial charge on any atom is 0.184 e. The zero-order chi connectivity index (χ0) is 13.7. The molecule has 0 radical (unpaired) electrons. The van der Waals surface area contributed by atoms with Gasteiger partial charge < -0.3 is 4.98 Å². The summed E-state index contributed by atoms with van der Waals surface area (Å²) in [5.41, 5.74) is 3.90. The Balaban J connectivity index is 2.38. The minimum Gasteiger partial charge on any atom is -0.327 e. The molecule has 0 bridgehead atoms. The monoisotopic (exact) mass is 276 g/mol. The Labute approximate surface area is 114 Å². The molecule has 1 N–H and O–H groups in total. The second-order valence-corrected chi connectivity index (χ2v) is 4.99. The van der Waals surface area contributed by atoms with Crippen LogP contribution in [0.1, 0.15) is 11.3 Å². The first-order valence-corrected chi connectivity index (χ1v) is 6.30. The van der Waals surface area contributed by atoms with Crippen molar-refractivity contribution in [2.75, 3.05) is 0 Å². The van der Waals surface area contributed by atoms with E-state index in [-0.39, 0.29) is 5.82 Å². The molecule has 0 unspecified atom stereocenters. The Morgan fingerprint density at radius 3 is 2.74 bits per heavy atom. The van der Waals surface area contributed by atoms with Crippen LogP contribution in [0.3, 0.4) is 0 Å². The molecule has 0 aliphatic carbocycles. The quantitative estimate of drug-likeness (QED) is 0.693. The molecule has 3 aromatic rings. The van der Waals surface area contributed by atoms with Crippen LogP contribution < -0.4 is 0 Å². The van der Waals surface area contributed by atoms with Crippen molar-refractivity contribution in [2.24, 2.45) is 7.05 Å². The number of aromatic nitrogens is 4. The number of H-pyrrole nitrogens is 1. The third kappa shape index (κ3) is 1.71. The van der Waals surface area contributed by atoms with Gasteiger partial charge in [0, 0.05) is 7.05 Å². The summed E-state index contributed by atoms with van der Waals surface area (Å²) in [6.45, 7) is 3.65. The Hall–Kier alpha value is -1.95. The number of hydrogen-bond donors (Lipinski definition) is 1. The molecule has 0 spiro atoms. The lowest BCUT2D eigenvalue weighted by Gasteiger charge is -2.06. The van der Waals surface area contributed by atoms with E-state index in [2.05, 4.69) is 10.1 Å². The zero-order valence-corrected chi connectivity index (χ0v) is 11.7. The van der Waals surface area contributed by atoms with E-state index < -0.39 is 0 Å². The fraction of sp³-hybridized carbons (Fsp3) is 0.231. The van der Waals surface area contributed by atoms with Crippen LogP contribution in [0, 0.1) is 24.4 Å². The topological polar surface area (TPSA) is 38.5 Å². The molecule has 6 heteroatoms. The normalized spacial score (nSPS) is 11.4. The first-order chi connectivity index (χ1) is 8.99. The second-order valence-electron chi connectivity index (χ2n) is 4.61. The largest absolute Gasteiger partial charge is 0.327 e. The van der Waals surface area contributed by atoms with Crippen molar-refractivity contribution >= 4 is 23.4 Å². The van der Waals surface area contributed by atoms with Crippen LogP contribution in [-0.4, -0.2) is 19.3 Å². The van der Waals surface area contributed by atoms with Gasteiger partial charge in [-0.25, -0.2) is 9.07 Å². The number of rotatable bonds is 1. The van der Waals surface area contributed by atoms with Crippen molar-refractivity contribution in [3.63, 3.8) is 0 Å². The van der Waals surface area contributed by atoms with Crippen LogP contribution >= 0.6 is 12.2 Å². The van der Waals surface area contributed by atoms with Gasteiger partial charge in [0.2, 0.25) is 0 Å². The number of nitrogens with one attached hydrogen (secondary N) is 1. The fourth-order valence-corrected chi connectivity index (χ4v) is 2.56. The van der Waals surface area contributed by atoms with Crippen LogP contribution in [0.15, 0.2) is 18.2 Å². The van der Waals surface area contributed by atoms with Crippen LogP contribution in [0.2, 0.25) is 0 Å². The number of aromatic amines is 1. The summed E-state index contributed by atoms with van der Waals surface area (Å²) in [7, 11) is 1.85. The van der Waals surface area contributed by atoms with Gasteiger partial charge in [0.25, 0.3) is 0 Å². The van der Waals surface area contributed by atoms with Crippen molar-refractivity contribution in [1.29, 1.82) is 0 Å². The van der Waals surface area contributed by atoms with E-state index in [4.69, 9.17) is 12.2 Å². The summed E-state index contributed by atoms with van der Waals surface area (Å²) < 4.78 is 17.8. The first kappa shape index (κ1) is 12.1. The van der Waals surface area contributed by atoms with E-state index in [1.807, 2.05) is 20.0 Å². The van der Waals surface area contributed by atoms with Gasteiger partial charge in [-0.1, -0.05) is 6.07 Å². The highest BCUT2D eigenvalue weighted by Crippen LogP contribution is 2.22. The van der Waals surface area contributed by atoms with Gasteiger partial charge in [0.15, 0.2) is 10.4 Å². The molecule has 0 aliphatic heterocycles. The molecule has 0 fully saturated rings. The molecule has 2 aromatic heterocycles. The molecule has 0 saturated heterocycles. The fourth-order valence-electron chi connectivity index (χ4n) is 2.27. The number of fused-ring (bicyclic) bond motifs is 1. The Morgan fingerprint density at radius 1 is 1.32 bits per heavy atom. The standard InChI is InChI=1S/C13H13FN4S/c1-7-4-5-9(6-10(7)14)18-12-11(15-13(18)19)8(2)16-17(12)3/h4-6H,1-3H3,(H,15,19). The average molecular weight is 276 g/mol. The summed E-state index contributed by atoms with van der Waals surface area (Å²) in [6.07, 6.45) is 0. The van der Waals surface area contributed by atoms with Gasteiger partial charge in [-0.2, -0.15) is 5.10 Å². The van der Waals surface area contributed by atoms with E-state index in [9.17, 15) is 4.39 Å². The third-order valence-electron chi connectivity index (χ3n) is 3.25. The lowest BCUT2D eigenvalue weighted by atomic mass is 10.2. The maximum absolute atomic E-state index is 13.7. The molecule has 4 nitrogen and oxygen atoms in total. The van der Waals surface area contributed by atoms with Gasteiger partial charge in [0.1, 0.15) is 11.3 Å². The number of nitrogens with zero attached hydrogens (tertiary/aromatic N) is 3. The number of aryl methyl sites for hydroxylation is 3. The predicted molar refractivity (Wildman–Crippen MR) is 74.7 cm³/mol. The van der Waals surface area contributed by atoms with Crippen molar-refractivity contribution in [2.45, 2.75) is 13.8 Å². The number of hydrogen-bond acceptors (Lipinski definition) is 2. The predicted octanol–water partition coefficient (Wildman–Crippen LogP) is 3.18. The van der Waals surface area contributed by atoms with E-state index >= 15 is 0 Å². The SMILES string of the molecule is Cc1ccc(-n2c(=S)[nH]c3c(C)nn(C)c32)cc1F. The summed E-state index contributed by atoms with van der Waals surface area (Å²) in [6, 6.07) is 5.08. The van der Waals surface area contributed by atoms with Gasteiger partial charge in [-0.05, 0) is 43.8 Å². The van der Waals surface area contributed by atoms with Crippen LogP contribution in [0.25, 0.3) is 16.9 Å². The van der Waals surface area contributed by atoms with E-state index in [1.54, 1.807) is 22.2 Å².